The summed E-state index contributed by atoms with van der Waals surface area (Å²) in [6.07, 6.45) is 7.55. The highest BCUT2D eigenvalue weighted by Crippen LogP contribution is 2.46. The number of carbonyl (C=O) groups is 1. The third-order valence-electron chi connectivity index (χ3n) is 10.8. The second kappa shape index (κ2) is 15.2. The van der Waals surface area contributed by atoms with Crippen LogP contribution in [0.25, 0.3) is 0 Å². The van der Waals surface area contributed by atoms with Crippen LogP contribution < -0.4 is 14.8 Å². The summed E-state index contributed by atoms with van der Waals surface area (Å²) in [4.78, 5) is 14.5. The van der Waals surface area contributed by atoms with E-state index in [-0.39, 0.29) is 30.6 Å². The van der Waals surface area contributed by atoms with Crippen LogP contribution in [-0.4, -0.2) is 66.6 Å². The highest BCUT2D eigenvalue weighted by Gasteiger charge is 2.50. The number of methoxy groups -OCH3 is 1. The number of amides is 1. The van der Waals surface area contributed by atoms with Crippen molar-refractivity contribution in [2.45, 2.75) is 88.8 Å². The largest absolute Gasteiger partial charge is 0.497 e. The predicted molar refractivity (Wildman–Crippen MR) is 193 cm³/mol. The van der Waals surface area contributed by atoms with Gasteiger partial charge >= 0.3 is 0 Å². The molecule has 3 heterocycles. The molecule has 1 aromatic heterocycles. The Morgan fingerprint density at radius 1 is 1.00 bits per heavy atom. The predicted octanol–water partition coefficient (Wildman–Crippen LogP) is 6.34. The topological polar surface area (TPSA) is 89.7 Å². The van der Waals surface area contributed by atoms with Gasteiger partial charge in [0.15, 0.2) is 0 Å². The van der Waals surface area contributed by atoms with Crippen LogP contribution in [0.4, 0.5) is 5.69 Å². The molecule has 48 heavy (non-hydrogen) atoms. The first-order valence-electron chi connectivity index (χ1n) is 17.5. The average molecular weight is 667 g/mol. The van der Waals surface area contributed by atoms with E-state index in [1.807, 2.05) is 46.1 Å². The molecule has 4 aromatic rings. The van der Waals surface area contributed by atoms with E-state index in [0.717, 1.165) is 61.3 Å². The Bertz CT molecular complexity index is 1640. The van der Waals surface area contributed by atoms with Gasteiger partial charge in [0.1, 0.15) is 5.75 Å². The van der Waals surface area contributed by atoms with Gasteiger partial charge in [0.05, 0.1) is 45.6 Å². The summed E-state index contributed by atoms with van der Waals surface area (Å²) >= 11 is 0. The minimum absolute atomic E-state index is 0.0192. The molecule has 2 aliphatic rings. The molecule has 8 nitrogen and oxygen atoms in total. The molecule has 1 N–H and O–H groups in total. The van der Waals surface area contributed by atoms with Crippen LogP contribution in [0.5, 0.6) is 5.75 Å². The number of hydrogen-bond donors (Lipinski definition) is 1. The van der Waals surface area contributed by atoms with Crippen molar-refractivity contribution >= 4 is 24.9 Å². The summed E-state index contributed by atoms with van der Waals surface area (Å²) in [7, 11) is -0.290. The first-order chi connectivity index (χ1) is 23.3. The van der Waals surface area contributed by atoms with Gasteiger partial charge in [-0.05, 0) is 79.0 Å². The molecule has 0 spiro atoms. The molecular formula is C39H50N4O4Si. The maximum Gasteiger partial charge on any atom is 0.226 e. The van der Waals surface area contributed by atoms with Gasteiger partial charge in [-0.25, -0.2) is 0 Å². The molecular weight excluding hydrogens is 617 g/mol. The van der Waals surface area contributed by atoms with Crippen molar-refractivity contribution in [2.75, 3.05) is 25.2 Å². The third kappa shape index (κ3) is 7.43. The van der Waals surface area contributed by atoms with Crippen LogP contribution in [0.15, 0.2) is 85.1 Å². The van der Waals surface area contributed by atoms with Gasteiger partial charge in [-0.1, -0.05) is 85.0 Å². The van der Waals surface area contributed by atoms with Crippen molar-refractivity contribution in [3.63, 3.8) is 0 Å². The van der Waals surface area contributed by atoms with Crippen LogP contribution in [0.1, 0.15) is 61.8 Å². The van der Waals surface area contributed by atoms with E-state index in [2.05, 4.69) is 78.9 Å². The number of rotatable bonds is 13. The minimum atomic E-state index is -2.00. The minimum Gasteiger partial charge on any atom is -0.497 e. The van der Waals surface area contributed by atoms with Crippen molar-refractivity contribution in [1.82, 2.24) is 15.0 Å². The first kappa shape index (κ1) is 34.1. The zero-order chi connectivity index (χ0) is 33.7. The molecule has 2 aliphatic heterocycles. The molecule has 0 saturated carbocycles. The fraction of sp³-hybridized carbons (Fsp3) is 0.462. The lowest BCUT2D eigenvalue weighted by Crippen LogP contribution is -2.50. The Morgan fingerprint density at radius 2 is 1.79 bits per heavy atom. The van der Waals surface area contributed by atoms with Crippen LogP contribution in [0, 0.1) is 5.92 Å². The van der Waals surface area contributed by atoms with Crippen molar-refractivity contribution in [3.8, 4) is 5.75 Å². The van der Waals surface area contributed by atoms with Gasteiger partial charge in [-0.2, -0.15) is 0 Å². The van der Waals surface area contributed by atoms with E-state index < -0.39 is 8.07 Å². The van der Waals surface area contributed by atoms with E-state index in [0.29, 0.717) is 24.4 Å². The summed E-state index contributed by atoms with van der Waals surface area (Å²) in [5.41, 5.74) is 4.48. The lowest BCUT2D eigenvalue weighted by Gasteiger charge is -2.36. The van der Waals surface area contributed by atoms with Crippen LogP contribution in [-0.2, 0) is 22.5 Å². The van der Waals surface area contributed by atoms with Gasteiger partial charge in [0.25, 0.3) is 0 Å². The second-order valence-electron chi connectivity index (χ2n) is 14.1. The monoisotopic (exact) mass is 666 g/mol. The Kier molecular flexibility index (Phi) is 10.8. The molecule has 1 amide bonds. The van der Waals surface area contributed by atoms with Gasteiger partial charge in [0.2, 0.25) is 5.91 Å². The third-order valence-corrected chi connectivity index (χ3v) is 15.2. The number of benzene rings is 3. The van der Waals surface area contributed by atoms with E-state index in [4.69, 9.17) is 9.47 Å². The van der Waals surface area contributed by atoms with Crippen LogP contribution >= 0.6 is 0 Å². The standard InChI is InChI=1S/C39H50N4O4Si/c1-28-36(21-16-29-11-10-14-31(25-29)43-23-9-8-15-38(43)45)47-37(39(28)48(3,4)33-19-17-32(46-2)18-20-33)22-24-42-26-35(40-41-42)34(27-44)30-12-6-5-7-13-30/h5-7,10-14,17-20,25-26,28,34,36-37,39,44H,8-9,15-16,21-24,27H2,1-4H3/t28-,34?,36+,37-,39+/m0/s1. The molecule has 0 radical (unpaired) electrons. The first-order valence-corrected chi connectivity index (χ1v) is 20.6. The summed E-state index contributed by atoms with van der Waals surface area (Å²) < 4.78 is 14.4. The highest BCUT2D eigenvalue weighted by molar-refractivity contribution is 6.91. The normalized spacial score (nSPS) is 22.2. The van der Waals surface area contributed by atoms with E-state index in [9.17, 15) is 9.90 Å². The lowest BCUT2D eigenvalue weighted by atomic mass is 9.95. The number of aryl methyl sites for hydroxylation is 2. The van der Waals surface area contributed by atoms with Crippen LogP contribution in [0.3, 0.4) is 0 Å². The van der Waals surface area contributed by atoms with Crippen molar-refractivity contribution in [1.29, 1.82) is 0 Å². The molecule has 9 heteroatoms. The van der Waals surface area contributed by atoms with Crippen molar-refractivity contribution in [2.24, 2.45) is 5.92 Å². The van der Waals surface area contributed by atoms with E-state index in [1.165, 1.54) is 10.8 Å². The van der Waals surface area contributed by atoms with Gasteiger partial charge in [0, 0.05) is 31.4 Å². The number of aliphatic hydroxyl groups excluding tert-OH is 1. The molecule has 2 saturated heterocycles. The van der Waals surface area contributed by atoms with Gasteiger partial charge in [-0.15, -0.1) is 5.10 Å². The number of nitrogens with zero attached hydrogens (tertiary/aromatic N) is 4. The fourth-order valence-corrected chi connectivity index (χ4v) is 12.2. The zero-order valence-corrected chi connectivity index (χ0v) is 29.8. The van der Waals surface area contributed by atoms with E-state index >= 15 is 0 Å². The Labute approximate surface area is 286 Å². The summed E-state index contributed by atoms with van der Waals surface area (Å²) in [6, 6.07) is 27.2. The Balaban J connectivity index is 1.19. The van der Waals surface area contributed by atoms with Crippen LogP contribution in [0.2, 0.25) is 18.6 Å². The molecule has 0 bridgehead atoms. The summed E-state index contributed by atoms with van der Waals surface area (Å²) in [5, 5.41) is 20.5. The molecule has 2 fully saturated rings. The summed E-state index contributed by atoms with van der Waals surface area (Å²) in [6.45, 7) is 8.82. The molecule has 1 unspecified atom stereocenters. The second-order valence-corrected chi connectivity index (χ2v) is 18.8. The maximum atomic E-state index is 12.6. The highest BCUT2D eigenvalue weighted by atomic mass is 28.3. The number of aromatic nitrogens is 3. The van der Waals surface area contributed by atoms with E-state index in [1.54, 1.807) is 7.11 Å². The Morgan fingerprint density at radius 3 is 2.52 bits per heavy atom. The fourth-order valence-electron chi connectivity index (χ4n) is 8.08. The molecule has 6 rings (SSSR count). The SMILES string of the molecule is COc1ccc([Si](C)(C)[C@@H]2[C@@H](C)[C@@H](CCc3cccc(N4CCCCC4=O)c3)O[C@H]2CCn2cc(C(CO)c3ccccc3)nn2)cc1. The average Bonchev–Trinajstić information content (AvgIpc) is 3.71. The molecule has 0 aliphatic carbocycles. The molecule has 3 aromatic carbocycles. The van der Waals surface area contributed by atoms with Crippen molar-refractivity contribution < 1.29 is 19.4 Å². The number of piperidine rings is 1. The van der Waals surface area contributed by atoms with Crippen molar-refractivity contribution in [3.05, 3.63) is 102 Å². The van der Waals surface area contributed by atoms with Gasteiger partial charge in [-0.3, -0.25) is 9.48 Å². The zero-order valence-electron chi connectivity index (χ0n) is 28.8. The maximum absolute atomic E-state index is 12.6. The lowest BCUT2D eigenvalue weighted by molar-refractivity contribution is -0.119. The number of carbonyl (C=O) groups excluding carboxylic acids is 1. The molecule has 5 atom stereocenters. The Hall–Kier alpha value is -3.79. The quantitative estimate of drug-likeness (QED) is 0.168. The number of ether oxygens (including phenoxy) is 2. The summed E-state index contributed by atoms with van der Waals surface area (Å²) in [5.74, 6) is 1.29. The van der Waals surface area contributed by atoms with Gasteiger partial charge < -0.3 is 19.5 Å². The molecule has 254 valence electrons. The number of aliphatic hydroxyl groups is 1. The smallest absolute Gasteiger partial charge is 0.226 e. The number of hydrogen-bond acceptors (Lipinski definition) is 6. The number of anilines is 1.